The molecule has 0 unspecified atom stereocenters. The van der Waals surface area contributed by atoms with Crippen LogP contribution in [0.25, 0.3) is 0 Å². The highest BCUT2D eigenvalue weighted by atomic mass is 35.5. The maximum Gasteiger partial charge on any atom is 0.248 e. The van der Waals surface area contributed by atoms with E-state index in [9.17, 15) is 18.0 Å². The molecule has 186 valence electrons. The Bertz CT molecular complexity index is 1220. The summed E-state index contributed by atoms with van der Waals surface area (Å²) in [5, 5.41) is 14.0. The van der Waals surface area contributed by atoms with Gasteiger partial charge in [0.1, 0.15) is 10.9 Å². The van der Waals surface area contributed by atoms with Crippen LogP contribution in [-0.4, -0.2) is 60.1 Å². The molecule has 2 aliphatic rings. The van der Waals surface area contributed by atoms with Crippen LogP contribution < -0.4 is 5.32 Å². The molecule has 1 aliphatic carbocycles. The van der Waals surface area contributed by atoms with Crippen molar-refractivity contribution in [3.8, 4) is 6.07 Å². The van der Waals surface area contributed by atoms with Gasteiger partial charge in [-0.25, -0.2) is 13.4 Å². The first kappa shape index (κ1) is 25.6. The molecule has 0 bridgehead atoms. The Morgan fingerprint density at radius 2 is 2.06 bits per heavy atom. The molecule has 2 aromatic rings. The number of anilines is 1. The molecule has 2 fully saturated rings. The number of halogens is 1. The Kier molecular flexibility index (Phi) is 8.06. The summed E-state index contributed by atoms with van der Waals surface area (Å²) in [5.74, 6) is -0.396. The van der Waals surface area contributed by atoms with Gasteiger partial charge in [0.05, 0.1) is 23.2 Å². The number of nitriles is 1. The van der Waals surface area contributed by atoms with Crippen LogP contribution in [-0.2, 0) is 19.6 Å². The Hall–Kier alpha value is -2.52. The van der Waals surface area contributed by atoms with Gasteiger partial charge in [0.25, 0.3) is 0 Å². The number of hydrogen-bond acceptors (Lipinski definition) is 7. The summed E-state index contributed by atoms with van der Waals surface area (Å²) >= 11 is 7.44. The first-order chi connectivity index (χ1) is 16.8. The van der Waals surface area contributed by atoms with Crippen LogP contribution in [0.4, 0.5) is 5.13 Å². The van der Waals surface area contributed by atoms with Gasteiger partial charge in [-0.1, -0.05) is 43.7 Å². The zero-order valence-electron chi connectivity index (χ0n) is 19.0. The molecule has 1 aromatic carbocycles. The second kappa shape index (κ2) is 11.0. The molecule has 2 amide bonds. The van der Waals surface area contributed by atoms with Crippen LogP contribution in [0.2, 0.25) is 5.02 Å². The van der Waals surface area contributed by atoms with Gasteiger partial charge < -0.3 is 10.2 Å². The maximum atomic E-state index is 13.2. The van der Waals surface area contributed by atoms with Gasteiger partial charge in [0.2, 0.25) is 21.8 Å². The van der Waals surface area contributed by atoms with Crippen LogP contribution in [0, 0.1) is 17.2 Å². The number of benzene rings is 1. The van der Waals surface area contributed by atoms with E-state index < -0.39 is 22.0 Å². The molecule has 1 saturated carbocycles. The summed E-state index contributed by atoms with van der Waals surface area (Å²) in [7, 11) is -4.05. The largest absolute Gasteiger partial charge is 0.328 e. The fourth-order valence-electron chi connectivity index (χ4n) is 4.71. The Morgan fingerprint density at radius 1 is 1.29 bits per heavy atom. The smallest absolute Gasteiger partial charge is 0.248 e. The lowest BCUT2D eigenvalue weighted by Gasteiger charge is -2.39. The zero-order valence-corrected chi connectivity index (χ0v) is 21.4. The number of aromatic nitrogens is 1. The lowest BCUT2D eigenvalue weighted by atomic mass is 9.84. The quantitative estimate of drug-likeness (QED) is 0.579. The van der Waals surface area contributed by atoms with E-state index in [4.69, 9.17) is 16.9 Å². The van der Waals surface area contributed by atoms with Crippen LogP contribution in [0.3, 0.4) is 0 Å². The van der Waals surface area contributed by atoms with E-state index >= 15 is 0 Å². The molecule has 4 rings (SSSR count). The topological polar surface area (TPSA) is 123 Å². The third-order valence-corrected chi connectivity index (χ3v) is 9.54. The number of amides is 2. The Balaban J connectivity index is 1.51. The van der Waals surface area contributed by atoms with E-state index in [1.807, 2.05) is 6.07 Å². The summed E-state index contributed by atoms with van der Waals surface area (Å²) in [4.78, 5) is 31.9. The summed E-state index contributed by atoms with van der Waals surface area (Å²) in [5.41, 5.74) is 0.242. The van der Waals surface area contributed by atoms with Crippen molar-refractivity contribution >= 4 is 49.9 Å². The predicted octanol–water partition coefficient (Wildman–Crippen LogP) is 3.48. The minimum absolute atomic E-state index is 0.0378. The molecule has 1 atom stereocenters. The molecule has 12 heteroatoms. The molecule has 1 aliphatic heterocycles. The zero-order chi connectivity index (χ0) is 25.0. The SMILES string of the molecule is N#Cc1ccc(S(=O)(=O)N2CCN([C@@H](CC3CCCCC3)C(=O)Nc3nccs3)C(=O)C2)c(Cl)c1. The minimum Gasteiger partial charge on any atom is -0.328 e. The first-order valence-corrected chi connectivity index (χ1v) is 14.2. The van der Waals surface area contributed by atoms with Crippen LogP contribution in [0.15, 0.2) is 34.7 Å². The van der Waals surface area contributed by atoms with Crippen molar-refractivity contribution in [1.82, 2.24) is 14.2 Å². The number of hydrogen-bond donors (Lipinski definition) is 1. The van der Waals surface area contributed by atoms with Crippen molar-refractivity contribution in [3.05, 3.63) is 40.4 Å². The normalized spacial score (nSPS) is 18.7. The van der Waals surface area contributed by atoms with Crippen molar-refractivity contribution in [2.75, 3.05) is 25.0 Å². The van der Waals surface area contributed by atoms with Crippen molar-refractivity contribution in [3.63, 3.8) is 0 Å². The molecule has 1 saturated heterocycles. The Morgan fingerprint density at radius 3 is 2.69 bits per heavy atom. The number of sulfonamides is 1. The monoisotopic (exact) mass is 535 g/mol. The summed E-state index contributed by atoms with van der Waals surface area (Å²) < 4.78 is 27.5. The van der Waals surface area contributed by atoms with Gasteiger partial charge in [0, 0.05) is 24.7 Å². The third kappa shape index (κ3) is 5.83. The second-order valence-corrected chi connectivity index (χ2v) is 12.0. The van der Waals surface area contributed by atoms with Crippen LogP contribution in [0.1, 0.15) is 44.1 Å². The summed E-state index contributed by atoms with van der Waals surface area (Å²) in [6.07, 6.45) is 7.56. The van der Waals surface area contributed by atoms with Gasteiger partial charge in [-0.2, -0.15) is 9.57 Å². The average Bonchev–Trinajstić information content (AvgIpc) is 3.36. The number of rotatable bonds is 7. The van der Waals surface area contributed by atoms with Gasteiger partial charge in [-0.3, -0.25) is 9.59 Å². The van der Waals surface area contributed by atoms with Crippen LogP contribution in [0.5, 0.6) is 0 Å². The number of thiazole rings is 1. The number of carbonyl (C=O) groups excluding carboxylic acids is 2. The predicted molar refractivity (Wildman–Crippen MR) is 132 cm³/mol. The van der Waals surface area contributed by atoms with Gasteiger partial charge in [-0.05, 0) is 30.5 Å². The standard InChI is InChI=1S/C23H26ClN5O4S2/c24-18-12-17(14-25)6-7-20(18)35(32,33)28-9-10-29(21(30)15-28)19(13-16-4-2-1-3-5-16)22(31)27-23-26-8-11-34-23/h6-8,11-12,16,19H,1-5,9-10,13,15H2,(H,26,27,31)/t19-/m0/s1. The van der Waals surface area contributed by atoms with Crippen LogP contribution >= 0.6 is 22.9 Å². The highest BCUT2D eigenvalue weighted by Gasteiger charge is 2.39. The van der Waals surface area contributed by atoms with Gasteiger partial charge >= 0.3 is 0 Å². The lowest BCUT2D eigenvalue weighted by molar-refractivity contribution is -0.142. The Labute approximate surface area is 213 Å². The minimum atomic E-state index is -4.05. The highest BCUT2D eigenvalue weighted by molar-refractivity contribution is 7.89. The molecule has 35 heavy (non-hydrogen) atoms. The van der Waals surface area contributed by atoms with E-state index in [1.165, 1.54) is 40.9 Å². The summed E-state index contributed by atoms with van der Waals surface area (Å²) in [6.45, 7) is -0.255. The van der Waals surface area contributed by atoms with E-state index in [0.717, 1.165) is 30.0 Å². The molecule has 1 N–H and O–H groups in total. The maximum absolute atomic E-state index is 13.2. The third-order valence-electron chi connectivity index (χ3n) is 6.52. The van der Waals surface area contributed by atoms with E-state index in [1.54, 1.807) is 11.6 Å². The number of piperazine rings is 1. The molecule has 0 radical (unpaired) electrons. The molecule has 2 heterocycles. The molecular formula is C23H26ClN5O4S2. The lowest BCUT2D eigenvalue weighted by Crippen LogP contribution is -2.58. The molecule has 0 spiro atoms. The van der Waals surface area contributed by atoms with Crippen molar-refractivity contribution in [2.45, 2.75) is 49.5 Å². The average molecular weight is 536 g/mol. The number of nitrogens with zero attached hydrogens (tertiary/aromatic N) is 4. The van der Waals surface area contributed by atoms with Gasteiger partial charge in [-0.15, -0.1) is 11.3 Å². The number of nitrogens with one attached hydrogen (secondary N) is 1. The molecular weight excluding hydrogens is 510 g/mol. The second-order valence-electron chi connectivity index (χ2n) is 8.76. The number of carbonyl (C=O) groups is 2. The first-order valence-electron chi connectivity index (χ1n) is 11.5. The van der Waals surface area contributed by atoms with Crippen molar-refractivity contribution in [1.29, 1.82) is 5.26 Å². The molecule has 1 aromatic heterocycles. The fourth-order valence-corrected chi connectivity index (χ4v) is 7.14. The van der Waals surface area contributed by atoms with Crippen molar-refractivity contribution < 1.29 is 18.0 Å². The fraction of sp³-hybridized carbons (Fsp3) is 0.478. The highest BCUT2D eigenvalue weighted by Crippen LogP contribution is 2.31. The van der Waals surface area contributed by atoms with E-state index in [0.29, 0.717) is 17.5 Å². The summed E-state index contributed by atoms with van der Waals surface area (Å²) in [6, 6.07) is 5.16. The van der Waals surface area contributed by atoms with E-state index in [2.05, 4.69) is 10.3 Å². The molecule has 9 nitrogen and oxygen atoms in total. The van der Waals surface area contributed by atoms with Gasteiger partial charge in [0.15, 0.2) is 5.13 Å². The van der Waals surface area contributed by atoms with Crippen molar-refractivity contribution in [2.24, 2.45) is 5.92 Å². The van der Waals surface area contributed by atoms with E-state index in [-0.39, 0.29) is 41.0 Å².